The molecule has 2 rings (SSSR count). The second kappa shape index (κ2) is 3.61. The monoisotopic (exact) mass is 209 g/mol. The van der Waals surface area contributed by atoms with Crippen LogP contribution in [0.5, 0.6) is 0 Å². The number of carboxylic acid groups (broad SMARTS) is 1. The lowest BCUT2D eigenvalue weighted by Crippen LogP contribution is -2.12. The third-order valence-corrected chi connectivity index (χ3v) is 3.09. The van der Waals surface area contributed by atoms with Crippen LogP contribution in [0.4, 0.5) is 5.88 Å². The molecule has 4 nitrogen and oxygen atoms in total. The van der Waals surface area contributed by atoms with E-state index in [0.29, 0.717) is 5.88 Å². The summed E-state index contributed by atoms with van der Waals surface area (Å²) in [6, 6.07) is 0. The molecule has 4 heteroatoms. The van der Waals surface area contributed by atoms with E-state index in [1.165, 1.54) is 0 Å². The maximum atomic E-state index is 10.7. The van der Waals surface area contributed by atoms with Crippen molar-refractivity contribution < 1.29 is 14.3 Å². The number of furan rings is 1. The lowest BCUT2D eigenvalue weighted by Gasteiger charge is -2.20. The molecule has 0 amide bonds. The average Bonchev–Trinajstić information content (AvgIpc) is 2.43. The maximum Gasteiger partial charge on any atom is 0.303 e. The summed E-state index contributed by atoms with van der Waals surface area (Å²) in [5.74, 6) is 0.652. The molecule has 0 radical (unpaired) electrons. The number of rotatable bonds is 2. The minimum atomic E-state index is -0.757. The van der Waals surface area contributed by atoms with E-state index in [0.717, 1.165) is 36.1 Å². The minimum absolute atomic E-state index is 0.0762. The summed E-state index contributed by atoms with van der Waals surface area (Å²) in [4.78, 5) is 10.7. The zero-order chi connectivity index (χ0) is 11.0. The van der Waals surface area contributed by atoms with E-state index >= 15 is 0 Å². The number of carboxylic acids is 1. The van der Waals surface area contributed by atoms with E-state index in [9.17, 15) is 4.79 Å². The fourth-order valence-corrected chi connectivity index (χ4v) is 2.39. The van der Waals surface area contributed by atoms with E-state index in [1.807, 2.05) is 6.92 Å². The third-order valence-electron chi connectivity index (χ3n) is 3.09. The van der Waals surface area contributed by atoms with Gasteiger partial charge in [-0.05, 0) is 25.7 Å². The van der Waals surface area contributed by atoms with Crippen LogP contribution in [0.25, 0.3) is 0 Å². The number of carbonyl (C=O) groups is 1. The number of fused-ring (bicyclic) bond motifs is 1. The highest BCUT2D eigenvalue weighted by Crippen LogP contribution is 2.39. The Balaban J connectivity index is 2.36. The van der Waals surface area contributed by atoms with Crippen LogP contribution in [-0.4, -0.2) is 11.1 Å². The van der Waals surface area contributed by atoms with Crippen molar-refractivity contribution in [3.63, 3.8) is 0 Å². The van der Waals surface area contributed by atoms with Crippen molar-refractivity contribution in [1.82, 2.24) is 0 Å². The van der Waals surface area contributed by atoms with Gasteiger partial charge in [0, 0.05) is 17.5 Å². The smallest absolute Gasteiger partial charge is 0.303 e. The molecule has 0 fully saturated rings. The maximum absolute atomic E-state index is 10.7. The van der Waals surface area contributed by atoms with Gasteiger partial charge in [0.15, 0.2) is 5.88 Å². The fourth-order valence-electron chi connectivity index (χ4n) is 2.39. The van der Waals surface area contributed by atoms with Crippen LogP contribution in [0, 0.1) is 6.92 Å². The first-order valence-electron chi connectivity index (χ1n) is 5.19. The predicted octanol–water partition coefficient (Wildman–Crippen LogP) is 2.06. The van der Waals surface area contributed by atoms with Crippen LogP contribution in [0.2, 0.25) is 0 Å². The van der Waals surface area contributed by atoms with E-state index in [4.69, 9.17) is 15.3 Å². The summed E-state index contributed by atoms with van der Waals surface area (Å²) in [6.07, 6.45) is 2.95. The Bertz CT molecular complexity index is 395. The van der Waals surface area contributed by atoms with Gasteiger partial charge < -0.3 is 15.3 Å². The highest BCUT2D eigenvalue weighted by molar-refractivity contribution is 5.68. The molecule has 82 valence electrons. The van der Waals surface area contributed by atoms with E-state index in [1.54, 1.807) is 0 Å². The normalized spacial score (nSPS) is 19.9. The SMILES string of the molecule is Cc1c(N)oc2c1C(CC(=O)O)CCC2. The molecule has 1 aliphatic rings. The molecule has 1 aromatic heterocycles. The van der Waals surface area contributed by atoms with Gasteiger partial charge in [-0.2, -0.15) is 0 Å². The van der Waals surface area contributed by atoms with Gasteiger partial charge in [0.2, 0.25) is 0 Å². The summed E-state index contributed by atoms with van der Waals surface area (Å²) in [7, 11) is 0. The molecule has 15 heavy (non-hydrogen) atoms. The molecule has 1 aliphatic carbocycles. The van der Waals surface area contributed by atoms with Gasteiger partial charge in [0.05, 0.1) is 6.42 Å². The zero-order valence-corrected chi connectivity index (χ0v) is 8.75. The summed E-state index contributed by atoms with van der Waals surface area (Å²) in [6.45, 7) is 1.90. The largest absolute Gasteiger partial charge is 0.481 e. The van der Waals surface area contributed by atoms with E-state index in [-0.39, 0.29) is 12.3 Å². The highest BCUT2D eigenvalue weighted by Gasteiger charge is 2.28. The summed E-state index contributed by atoms with van der Waals surface area (Å²) >= 11 is 0. The standard InChI is InChI=1S/C11H15NO3/c1-6-10-7(5-9(13)14)3-2-4-8(10)15-11(6)12/h7H,2-5,12H2,1H3,(H,13,14). The molecule has 1 heterocycles. The number of aryl methyl sites for hydroxylation is 1. The lowest BCUT2D eigenvalue weighted by molar-refractivity contribution is -0.137. The topological polar surface area (TPSA) is 76.5 Å². The molecule has 0 spiro atoms. The number of hydrogen-bond donors (Lipinski definition) is 2. The Morgan fingerprint density at radius 3 is 3.07 bits per heavy atom. The third kappa shape index (κ3) is 1.71. The summed E-state index contributed by atoms with van der Waals surface area (Å²) in [5.41, 5.74) is 7.67. The van der Waals surface area contributed by atoms with Gasteiger partial charge in [-0.25, -0.2) is 0 Å². The summed E-state index contributed by atoms with van der Waals surface area (Å²) < 4.78 is 5.43. The highest BCUT2D eigenvalue weighted by atomic mass is 16.4. The number of anilines is 1. The van der Waals surface area contributed by atoms with Crippen molar-refractivity contribution in [2.75, 3.05) is 5.73 Å². The molecule has 3 N–H and O–H groups in total. The minimum Gasteiger partial charge on any atom is -0.481 e. The average molecular weight is 209 g/mol. The quantitative estimate of drug-likeness (QED) is 0.781. The Morgan fingerprint density at radius 1 is 1.67 bits per heavy atom. The van der Waals surface area contributed by atoms with Crippen LogP contribution in [0.1, 0.15) is 42.1 Å². The van der Waals surface area contributed by atoms with Gasteiger partial charge in [-0.3, -0.25) is 4.79 Å². The first-order chi connectivity index (χ1) is 7.09. The first-order valence-corrected chi connectivity index (χ1v) is 5.19. The molecule has 0 bridgehead atoms. The molecule has 0 saturated heterocycles. The van der Waals surface area contributed by atoms with E-state index in [2.05, 4.69) is 0 Å². The van der Waals surface area contributed by atoms with Crippen molar-refractivity contribution in [2.45, 2.75) is 38.5 Å². The number of aliphatic carboxylic acids is 1. The molecule has 1 aromatic rings. The summed E-state index contributed by atoms with van der Waals surface area (Å²) in [5, 5.41) is 8.83. The van der Waals surface area contributed by atoms with Crippen molar-refractivity contribution in [2.24, 2.45) is 0 Å². The number of hydrogen-bond acceptors (Lipinski definition) is 3. The molecular formula is C11H15NO3. The first kappa shape index (κ1) is 10.1. The Morgan fingerprint density at radius 2 is 2.40 bits per heavy atom. The van der Waals surface area contributed by atoms with Crippen LogP contribution in [-0.2, 0) is 11.2 Å². The Hall–Kier alpha value is -1.45. The van der Waals surface area contributed by atoms with E-state index < -0.39 is 5.97 Å². The lowest BCUT2D eigenvalue weighted by atomic mass is 9.83. The van der Waals surface area contributed by atoms with Crippen molar-refractivity contribution >= 4 is 11.9 Å². The molecular weight excluding hydrogens is 194 g/mol. The second-order valence-electron chi connectivity index (χ2n) is 4.12. The van der Waals surface area contributed by atoms with Crippen LogP contribution >= 0.6 is 0 Å². The Labute approximate surface area is 88.1 Å². The van der Waals surface area contributed by atoms with Gasteiger partial charge in [0.25, 0.3) is 0 Å². The number of nitrogens with two attached hydrogens (primary N) is 1. The molecule has 0 aromatic carbocycles. The van der Waals surface area contributed by atoms with Crippen LogP contribution in [0.3, 0.4) is 0 Å². The fraction of sp³-hybridized carbons (Fsp3) is 0.545. The molecule has 1 atom stereocenters. The zero-order valence-electron chi connectivity index (χ0n) is 8.75. The second-order valence-corrected chi connectivity index (χ2v) is 4.12. The van der Waals surface area contributed by atoms with Gasteiger partial charge in [-0.1, -0.05) is 0 Å². The van der Waals surface area contributed by atoms with Gasteiger partial charge in [0.1, 0.15) is 5.76 Å². The van der Waals surface area contributed by atoms with Crippen molar-refractivity contribution in [1.29, 1.82) is 0 Å². The number of nitrogen functional groups attached to an aromatic ring is 1. The Kier molecular flexibility index (Phi) is 2.42. The van der Waals surface area contributed by atoms with Crippen molar-refractivity contribution in [3.8, 4) is 0 Å². The van der Waals surface area contributed by atoms with Gasteiger partial charge in [-0.15, -0.1) is 0 Å². The molecule has 0 aliphatic heterocycles. The van der Waals surface area contributed by atoms with Crippen LogP contribution < -0.4 is 5.73 Å². The van der Waals surface area contributed by atoms with Crippen LogP contribution in [0.15, 0.2) is 4.42 Å². The molecule has 1 unspecified atom stereocenters. The van der Waals surface area contributed by atoms with Gasteiger partial charge >= 0.3 is 5.97 Å². The predicted molar refractivity (Wildman–Crippen MR) is 55.8 cm³/mol. The molecule has 0 saturated carbocycles. The van der Waals surface area contributed by atoms with Crippen molar-refractivity contribution in [3.05, 3.63) is 16.9 Å².